The molecule has 30 heavy (non-hydrogen) atoms. The molecule has 0 radical (unpaired) electrons. The van der Waals surface area contributed by atoms with Crippen molar-refractivity contribution in [1.82, 2.24) is 14.4 Å². The molecular formula is C20H20N4O4S2. The van der Waals surface area contributed by atoms with Crippen LogP contribution in [0.15, 0.2) is 40.3 Å². The zero-order valence-electron chi connectivity index (χ0n) is 16.5. The van der Waals surface area contributed by atoms with Gasteiger partial charge in [0.2, 0.25) is 10.0 Å². The third kappa shape index (κ3) is 4.50. The van der Waals surface area contributed by atoms with Crippen LogP contribution in [0.2, 0.25) is 0 Å². The Kier molecular flexibility index (Phi) is 5.54. The largest absolute Gasteiger partial charge is 0.361 e. The van der Waals surface area contributed by atoms with E-state index in [4.69, 9.17) is 4.52 Å². The Labute approximate surface area is 178 Å². The second kappa shape index (κ2) is 8.13. The van der Waals surface area contributed by atoms with Crippen LogP contribution >= 0.6 is 11.3 Å². The van der Waals surface area contributed by atoms with E-state index in [2.05, 4.69) is 15.5 Å². The smallest absolute Gasteiger partial charge is 0.279 e. The molecule has 4 rings (SSSR count). The predicted molar refractivity (Wildman–Crippen MR) is 115 cm³/mol. The minimum absolute atomic E-state index is 0.172. The number of carbonyl (C=O) groups is 1. The first kappa shape index (κ1) is 20.5. The van der Waals surface area contributed by atoms with E-state index in [1.165, 1.54) is 27.1 Å². The fourth-order valence-corrected chi connectivity index (χ4v) is 5.26. The number of nitrogens with zero attached hydrogens (tertiary/aromatic N) is 3. The van der Waals surface area contributed by atoms with Crippen molar-refractivity contribution in [3.63, 3.8) is 0 Å². The van der Waals surface area contributed by atoms with Crippen molar-refractivity contribution in [2.24, 2.45) is 0 Å². The molecule has 8 nitrogen and oxygen atoms in total. The Morgan fingerprint density at radius 3 is 2.73 bits per heavy atom. The number of aryl methyl sites for hydroxylation is 2. The van der Waals surface area contributed by atoms with Crippen LogP contribution in [0.3, 0.4) is 0 Å². The van der Waals surface area contributed by atoms with E-state index in [9.17, 15) is 13.2 Å². The Bertz CT molecular complexity index is 1210. The van der Waals surface area contributed by atoms with Gasteiger partial charge < -0.3 is 4.52 Å². The van der Waals surface area contributed by atoms with E-state index in [1.54, 1.807) is 13.0 Å². The second-order valence-electron chi connectivity index (χ2n) is 7.01. The maximum atomic E-state index is 12.7. The average molecular weight is 445 g/mol. The van der Waals surface area contributed by atoms with Crippen LogP contribution in [0.1, 0.15) is 37.9 Å². The van der Waals surface area contributed by atoms with Crippen LogP contribution in [0.4, 0.5) is 5.13 Å². The number of fused-ring (bicyclic) bond motifs is 1. The quantitative estimate of drug-likeness (QED) is 0.647. The van der Waals surface area contributed by atoms with Gasteiger partial charge >= 0.3 is 0 Å². The molecule has 1 aliphatic rings. The summed E-state index contributed by atoms with van der Waals surface area (Å²) in [6.07, 6.45) is 2.09. The summed E-state index contributed by atoms with van der Waals surface area (Å²) in [7, 11) is -3.57. The van der Waals surface area contributed by atoms with Crippen molar-refractivity contribution in [3.8, 4) is 0 Å². The molecule has 1 aliphatic heterocycles. The summed E-state index contributed by atoms with van der Waals surface area (Å²) in [4.78, 5) is 17.5. The number of rotatable bonds is 5. The molecule has 3 aromatic rings. The summed E-state index contributed by atoms with van der Waals surface area (Å²) in [6.45, 7) is 4.25. The highest BCUT2D eigenvalue weighted by atomic mass is 32.2. The van der Waals surface area contributed by atoms with Crippen LogP contribution < -0.4 is 5.32 Å². The molecule has 0 fully saturated rings. The lowest BCUT2D eigenvalue weighted by Gasteiger charge is -2.23. The lowest BCUT2D eigenvalue weighted by atomic mass is 10.2. The summed E-state index contributed by atoms with van der Waals surface area (Å²) in [6, 6.07) is 9.17. The number of carbonyl (C=O) groups excluding carboxylic acids is 1. The van der Waals surface area contributed by atoms with Gasteiger partial charge in [0.1, 0.15) is 5.76 Å². The van der Waals surface area contributed by atoms with Gasteiger partial charge in [-0.25, -0.2) is 13.4 Å². The van der Waals surface area contributed by atoms with Crippen LogP contribution in [0.5, 0.6) is 0 Å². The first-order chi connectivity index (χ1) is 14.3. The van der Waals surface area contributed by atoms with E-state index in [0.717, 1.165) is 21.7 Å². The highest BCUT2D eigenvalue weighted by molar-refractivity contribution is 7.92. The minimum Gasteiger partial charge on any atom is -0.361 e. The van der Waals surface area contributed by atoms with Crippen LogP contribution in [0, 0.1) is 13.8 Å². The molecule has 3 heterocycles. The van der Waals surface area contributed by atoms with Crippen molar-refractivity contribution < 1.29 is 17.7 Å². The predicted octanol–water partition coefficient (Wildman–Crippen LogP) is 3.36. The lowest BCUT2D eigenvalue weighted by Crippen LogP contribution is -2.34. The summed E-state index contributed by atoms with van der Waals surface area (Å²) in [5.41, 5.74) is 2.92. The highest BCUT2D eigenvalue weighted by Gasteiger charge is 2.28. The third-order valence-corrected chi connectivity index (χ3v) is 7.16. The summed E-state index contributed by atoms with van der Waals surface area (Å²) in [5, 5.41) is 8.03. The number of benzene rings is 1. The molecule has 0 aliphatic carbocycles. The van der Waals surface area contributed by atoms with E-state index < -0.39 is 15.9 Å². The third-order valence-electron chi connectivity index (χ3n) is 4.65. The van der Waals surface area contributed by atoms with E-state index in [-0.39, 0.29) is 12.2 Å². The Hall–Kier alpha value is -2.82. The number of thiazole rings is 1. The molecule has 1 N–H and O–H groups in total. The number of hydrogen-bond acceptors (Lipinski definition) is 7. The summed E-state index contributed by atoms with van der Waals surface area (Å²) in [5.74, 6) is 0.126. The minimum atomic E-state index is -3.57. The van der Waals surface area contributed by atoms with Gasteiger partial charge in [-0.15, -0.1) is 11.3 Å². The molecule has 10 heteroatoms. The van der Waals surface area contributed by atoms with Gasteiger partial charge in [0, 0.05) is 29.3 Å². The van der Waals surface area contributed by atoms with Gasteiger partial charge in [0.15, 0.2) is 10.8 Å². The Morgan fingerprint density at radius 2 is 2.03 bits per heavy atom. The van der Waals surface area contributed by atoms with Gasteiger partial charge in [-0.1, -0.05) is 35.0 Å². The molecule has 0 spiro atoms. The van der Waals surface area contributed by atoms with Crippen molar-refractivity contribution >= 4 is 38.5 Å². The number of sulfonamides is 1. The molecule has 156 valence electrons. The first-order valence-corrected chi connectivity index (χ1v) is 11.6. The van der Waals surface area contributed by atoms with Crippen molar-refractivity contribution in [2.75, 3.05) is 11.9 Å². The number of amides is 1. The maximum absolute atomic E-state index is 12.7. The molecule has 0 unspecified atom stereocenters. The number of hydrogen-bond donors (Lipinski definition) is 1. The number of nitrogens with one attached hydrogen (secondary N) is 1. The molecule has 0 saturated carbocycles. The Balaban J connectivity index is 1.45. The average Bonchev–Trinajstić information content (AvgIpc) is 3.32. The molecular weight excluding hydrogens is 424 g/mol. The molecule has 2 aromatic heterocycles. The van der Waals surface area contributed by atoms with E-state index in [0.29, 0.717) is 23.9 Å². The zero-order chi connectivity index (χ0) is 21.3. The summed E-state index contributed by atoms with van der Waals surface area (Å²) >= 11 is 1.27. The molecule has 1 amide bonds. The van der Waals surface area contributed by atoms with Crippen molar-refractivity contribution in [3.05, 3.63) is 68.9 Å². The number of anilines is 1. The van der Waals surface area contributed by atoms with Gasteiger partial charge in [0.05, 0.1) is 12.2 Å². The van der Waals surface area contributed by atoms with Crippen molar-refractivity contribution in [2.45, 2.75) is 26.8 Å². The van der Waals surface area contributed by atoms with Crippen LogP contribution in [0.25, 0.3) is 6.08 Å². The van der Waals surface area contributed by atoms with Crippen molar-refractivity contribution in [1.29, 1.82) is 0 Å². The lowest BCUT2D eigenvalue weighted by molar-refractivity contribution is 0.101. The van der Waals surface area contributed by atoms with Crippen LogP contribution in [-0.2, 0) is 23.0 Å². The molecule has 0 bridgehead atoms. The number of aromatic nitrogens is 2. The molecule has 0 atom stereocenters. The zero-order valence-corrected chi connectivity index (χ0v) is 18.1. The van der Waals surface area contributed by atoms with Gasteiger partial charge in [-0.05, 0) is 25.5 Å². The molecule has 0 saturated heterocycles. The van der Waals surface area contributed by atoms with Gasteiger partial charge in [0.25, 0.3) is 5.91 Å². The highest BCUT2D eigenvalue weighted by Crippen LogP contribution is 2.30. The second-order valence-corrected chi connectivity index (χ2v) is 9.91. The fraction of sp³-hybridized carbons (Fsp3) is 0.250. The van der Waals surface area contributed by atoms with Gasteiger partial charge in [-0.2, -0.15) is 4.31 Å². The van der Waals surface area contributed by atoms with E-state index >= 15 is 0 Å². The monoisotopic (exact) mass is 444 g/mol. The molecule has 1 aromatic carbocycles. The summed E-state index contributed by atoms with van der Waals surface area (Å²) < 4.78 is 31.8. The van der Waals surface area contributed by atoms with Crippen LogP contribution in [-0.4, -0.2) is 35.3 Å². The fourth-order valence-electron chi connectivity index (χ4n) is 3.01. The van der Waals surface area contributed by atoms with Gasteiger partial charge in [-0.3, -0.25) is 10.1 Å². The first-order valence-electron chi connectivity index (χ1n) is 9.28. The standard InChI is InChI=1S/C20H20N4O4S2/c1-13-3-5-15(6-4-13)8-10-30(26,27)24-9-7-16-18(12-24)29-20(21-16)22-19(25)17-11-14(2)28-23-17/h3-6,8,10-11H,7,9,12H2,1-2H3,(H,21,22,25). The topological polar surface area (TPSA) is 105 Å². The van der Waals surface area contributed by atoms with E-state index in [1.807, 2.05) is 31.2 Å². The SMILES string of the molecule is Cc1ccc(C=CS(=O)(=O)N2CCc3nc(NC(=O)c4cc(C)on4)sc3C2)cc1. The normalized spacial score (nSPS) is 14.7. The Morgan fingerprint density at radius 1 is 1.27 bits per heavy atom. The maximum Gasteiger partial charge on any atom is 0.279 e.